The van der Waals surface area contributed by atoms with Gasteiger partial charge in [0.15, 0.2) is 28.8 Å². The van der Waals surface area contributed by atoms with Crippen LogP contribution in [0.5, 0.6) is 0 Å². The van der Waals surface area contributed by atoms with Crippen LogP contribution >= 0.6 is 11.6 Å². The molecule has 1 saturated heterocycles. The van der Waals surface area contributed by atoms with Gasteiger partial charge in [0.25, 0.3) is 11.8 Å². The first-order valence-electron chi connectivity index (χ1n) is 12.4. The summed E-state index contributed by atoms with van der Waals surface area (Å²) in [7, 11) is -1.08. The van der Waals surface area contributed by atoms with Crippen LogP contribution in [-0.2, 0) is 19.5 Å². The molecule has 2 aromatic rings. The zero-order valence-corrected chi connectivity index (χ0v) is 23.6. The fourth-order valence-corrected chi connectivity index (χ4v) is 5.82. The molecule has 1 spiro atoms. The Balaban J connectivity index is 1.38. The number of halogens is 1. The molecule has 40 heavy (non-hydrogen) atoms. The van der Waals surface area contributed by atoms with Gasteiger partial charge in [-0.2, -0.15) is 0 Å². The Kier molecular flexibility index (Phi) is 8.90. The largest absolute Gasteiger partial charge is 0.382 e. The maximum Gasteiger partial charge on any atom is 0.279 e. The molecule has 216 valence electrons. The van der Waals surface area contributed by atoms with E-state index in [4.69, 9.17) is 37.5 Å². The van der Waals surface area contributed by atoms with Gasteiger partial charge in [-0.25, -0.2) is 23.1 Å². The van der Waals surface area contributed by atoms with Crippen LogP contribution in [0.1, 0.15) is 46.5 Å². The van der Waals surface area contributed by atoms with Crippen molar-refractivity contribution in [3.8, 4) is 0 Å². The number of carbonyl (C=O) groups is 2. The minimum absolute atomic E-state index is 0.0359. The Morgan fingerprint density at radius 1 is 1.12 bits per heavy atom. The van der Waals surface area contributed by atoms with Crippen molar-refractivity contribution < 1.29 is 27.5 Å². The van der Waals surface area contributed by atoms with Crippen molar-refractivity contribution in [2.24, 2.45) is 4.99 Å². The third kappa shape index (κ3) is 6.50. The van der Waals surface area contributed by atoms with Crippen molar-refractivity contribution in [2.75, 3.05) is 45.3 Å². The first-order chi connectivity index (χ1) is 19.0. The van der Waals surface area contributed by atoms with Gasteiger partial charge in [0, 0.05) is 39.3 Å². The molecule has 4 rings (SSSR count). The average Bonchev–Trinajstić information content (AvgIpc) is 3.32. The molecule has 0 unspecified atom stereocenters. The fraction of sp³-hybridized carbons (Fsp3) is 0.458. The number of nitrogen functional groups attached to an aromatic ring is 2. The van der Waals surface area contributed by atoms with Crippen LogP contribution in [0.15, 0.2) is 34.2 Å². The quantitative estimate of drug-likeness (QED) is 0.316. The number of rotatable bonds is 8. The highest BCUT2D eigenvalue weighted by Crippen LogP contribution is 2.36. The number of ether oxygens (including phenoxy) is 2. The van der Waals surface area contributed by atoms with E-state index in [1.807, 2.05) is 0 Å². The number of aromatic nitrogens is 2. The molecule has 0 radical (unpaired) electrons. The number of methoxy groups -OCH3 is 2. The van der Waals surface area contributed by atoms with Gasteiger partial charge in [-0.3, -0.25) is 14.6 Å². The van der Waals surface area contributed by atoms with E-state index in [2.05, 4.69) is 20.0 Å². The number of likely N-dealkylation sites (tertiary alicyclic amines) is 1. The van der Waals surface area contributed by atoms with Crippen molar-refractivity contribution in [1.29, 1.82) is 0 Å². The summed E-state index contributed by atoms with van der Waals surface area (Å²) in [6.07, 6.45) is 1.67. The average molecular weight is 595 g/mol. The number of aliphatic imine (C=N–C) groups is 1. The summed E-state index contributed by atoms with van der Waals surface area (Å²) in [4.78, 5) is 40.0. The zero-order valence-electron chi connectivity index (χ0n) is 22.0. The van der Waals surface area contributed by atoms with E-state index in [1.54, 1.807) is 11.0 Å². The van der Waals surface area contributed by atoms with Gasteiger partial charge in [0.05, 0.1) is 17.0 Å². The van der Waals surface area contributed by atoms with E-state index < -0.39 is 27.8 Å². The molecule has 1 fully saturated rings. The summed E-state index contributed by atoms with van der Waals surface area (Å²) in [5, 5.41) is 2.61. The third-order valence-corrected chi connectivity index (χ3v) is 8.61. The van der Waals surface area contributed by atoms with Gasteiger partial charge in [0.1, 0.15) is 5.84 Å². The van der Waals surface area contributed by atoms with Gasteiger partial charge in [-0.15, -0.1) is 0 Å². The van der Waals surface area contributed by atoms with Crippen molar-refractivity contribution in [2.45, 2.75) is 42.4 Å². The Bertz CT molecular complexity index is 1420. The molecule has 2 aliphatic rings. The lowest BCUT2D eigenvalue weighted by atomic mass is 9.86. The molecule has 0 aliphatic carbocycles. The fourth-order valence-electron chi connectivity index (χ4n) is 4.63. The molecular formula is C24H31ClN8O6S. The normalized spacial score (nSPS) is 16.8. The lowest BCUT2D eigenvalue weighted by Crippen LogP contribution is -2.45. The zero-order chi connectivity index (χ0) is 29.1. The summed E-state index contributed by atoms with van der Waals surface area (Å²) in [6, 6.07) is 5.87. The smallest absolute Gasteiger partial charge is 0.279 e. The number of benzene rings is 1. The summed E-state index contributed by atoms with van der Waals surface area (Å²) >= 11 is 5.88. The van der Waals surface area contributed by atoms with Crippen molar-refractivity contribution in [1.82, 2.24) is 24.9 Å². The van der Waals surface area contributed by atoms with E-state index in [-0.39, 0.29) is 45.4 Å². The monoisotopic (exact) mass is 594 g/mol. The number of sulfonamides is 1. The topological polar surface area (TPSA) is 204 Å². The van der Waals surface area contributed by atoms with Gasteiger partial charge in [-0.1, -0.05) is 17.7 Å². The van der Waals surface area contributed by atoms with Crippen LogP contribution in [0.2, 0.25) is 5.15 Å². The highest BCUT2D eigenvalue weighted by atomic mass is 35.5. The standard InChI is InChI=1S/C24H31ClN8O6S/c1-38-17(39-2)13-28-40(36,37)15-5-3-4-14(12-15)23(35)33-10-8-24(9-11-33)7-6-16(32-24)29-22(34)18-20(26)31-21(27)19(25)30-18/h3-5,12,17,28H,6-11,13H2,1-2H3,(H4,26,27,31)(H,29,32,34). The number of amides is 2. The van der Waals surface area contributed by atoms with E-state index >= 15 is 0 Å². The molecule has 16 heteroatoms. The van der Waals surface area contributed by atoms with E-state index in [1.165, 1.54) is 32.4 Å². The molecule has 1 aromatic carbocycles. The summed E-state index contributed by atoms with van der Waals surface area (Å²) in [6.45, 7) is 0.765. The van der Waals surface area contributed by atoms with Gasteiger partial charge < -0.3 is 31.2 Å². The molecule has 6 N–H and O–H groups in total. The summed E-state index contributed by atoms with van der Waals surface area (Å²) < 4.78 is 37.9. The number of piperidine rings is 1. The minimum Gasteiger partial charge on any atom is -0.382 e. The Morgan fingerprint density at radius 2 is 1.82 bits per heavy atom. The maximum absolute atomic E-state index is 13.2. The number of nitrogens with two attached hydrogens (primary N) is 2. The Labute approximate surface area is 236 Å². The van der Waals surface area contributed by atoms with Crippen LogP contribution in [0.4, 0.5) is 11.6 Å². The second-order valence-electron chi connectivity index (χ2n) is 9.44. The highest BCUT2D eigenvalue weighted by molar-refractivity contribution is 7.89. The number of nitrogens with one attached hydrogen (secondary N) is 2. The highest BCUT2D eigenvalue weighted by Gasteiger charge is 2.40. The van der Waals surface area contributed by atoms with Crippen LogP contribution in [0.3, 0.4) is 0 Å². The predicted molar refractivity (Wildman–Crippen MR) is 147 cm³/mol. The maximum atomic E-state index is 13.2. The lowest BCUT2D eigenvalue weighted by Gasteiger charge is -2.37. The number of amidine groups is 1. The van der Waals surface area contributed by atoms with Crippen LogP contribution in [0, 0.1) is 0 Å². The molecule has 0 saturated carbocycles. The van der Waals surface area contributed by atoms with Crippen LogP contribution < -0.4 is 21.5 Å². The van der Waals surface area contributed by atoms with Gasteiger partial charge in [0.2, 0.25) is 10.0 Å². The Morgan fingerprint density at radius 3 is 2.50 bits per heavy atom. The molecule has 2 amide bonds. The minimum atomic E-state index is -3.89. The van der Waals surface area contributed by atoms with E-state index in [9.17, 15) is 18.0 Å². The Hall–Kier alpha value is -3.37. The summed E-state index contributed by atoms with van der Waals surface area (Å²) in [5.74, 6) is -0.570. The number of hydrogen-bond acceptors (Lipinski definition) is 11. The van der Waals surface area contributed by atoms with Gasteiger partial charge in [-0.05, 0) is 37.5 Å². The first-order valence-corrected chi connectivity index (χ1v) is 14.3. The molecule has 1 aromatic heterocycles. The molecule has 3 heterocycles. The van der Waals surface area contributed by atoms with Crippen molar-refractivity contribution in [3.63, 3.8) is 0 Å². The number of hydrogen-bond donors (Lipinski definition) is 4. The number of nitrogens with zero attached hydrogens (tertiary/aromatic N) is 4. The molecule has 14 nitrogen and oxygen atoms in total. The number of anilines is 2. The first kappa shape index (κ1) is 29.6. The summed E-state index contributed by atoms with van der Waals surface area (Å²) in [5.41, 5.74) is 11.0. The molecular weight excluding hydrogens is 564 g/mol. The van der Waals surface area contributed by atoms with E-state index in [0.29, 0.717) is 44.6 Å². The van der Waals surface area contributed by atoms with Crippen molar-refractivity contribution >= 4 is 50.9 Å². The molecule has 2 aliphatic heterocycles. The SMILES string of the molecule is COC(CNS(=O)(=O)c1cccc(C(=O)N2CCC3(CCC(NC(=O)c4nc(Cl)c(N)nc4N)=N3)CC2)c1)OC. The van der Waals surface area contributed by atoms with Crippen LogP contribution in [-0.4, -0.2) is 86.6 Å². The second-order valence-corrected chi connectivity index (χ2v) is 11.6. The van der Waals surface area contributed by atoms with Gasteiger partial charge >= 0.3 is 0 Å². The second kappa shape index (κ2) is 12.0. The van der Waals surface area contributed by atoms with Crippen LogP contribution in [0.25, 0.3) is 0 Å². The molecule has 0 atom stereocenters. The van der Waals surface area contributed by atoms with Crippen molar-refractivity contribution in [3.05, 3.63) is 40.7 Å². The number of carbonyl (C=O) groups excluding carboxylic acids is 2. The van der Waals surface area contributed by atoms with E-state index in [0.717, 1.165) is 0 Å². The lowest BCUT2D eigenvalue weighted by molar-refractivity contribution is -0.0960. The third-order valence-electron chi connectivity index (χ3n) is 6.92. The molecule has 0 bridgehead atoms. The predicted octanol–water partition coefficient (Wildman–Crippen LogP) is 0.789.